The van der Waals surface area contributed by atoms with Gasteiger partial charge in [0.05, 0.1) is 6.10 Å². The molecule has 0 bridgehead atoms. The van der Waals surface area contributed by atoms with E-state index in [1.807, 2.05) is 0 Å². The molecule has 0 saturated heterocycles. The van der Waals surface area contributed by atoms with Crippen LogP contribution in [0.5, 0.6) is 11.5 Å². The number of nitrogens with zero attached hydrogens (tertiary/aromatic N) is 1. The van der Waals surface area contributed by atoms with Gasteiger partial charge in [0, 0.05) is 24.8 Å². The van der Waals surface area contributed by atoms with Crippen LogP contribution < -0.4 is 15.8 Å². The van der Waals surface area contributed by atoms with Gasteiger partial charge in [-0.15, -0.1) is 0 Å². The average molecular weight is 289 g/mol. The summed E-state index contributed by atoms with van der Waals surface area (Å²) in [4.78, 5) is 3.94. The normalized spacial score (nSPS) is 12.0. The van der Waals surface area contributed by atoms with Crippen LogP contribution in [0.2, 0.25) is 0 Å². The highest BCUT2D eigenvalue weighted by Gasteiger charge is 2.06. The Kier molecular flexibility index (Phi) is 5.36. The van der Waals surface area contributed by atoms with Crippen LogP contribution in [-0.2, 0) is 0 Å². The zero-order valence-corrected chi connectivity index (χ0v) is 11.6. The lowest BCUT2D eigenvalue weighted by Crippen LogP contribution is -2.26. The molecule has 0 spiro atoms. The lowest BCUT2D eigenvalue weighted by atomic mass is 10.1. The van der Waals surface area contributed by atoms with Crippen molar-refractivity contribution in [2.75, 3.05) is 25.4 Å². The van der Waals surface area contributed by atoms with Crippen molar-refractivity contribution in [3.63, 3.8) is 0 Å². The number of anilines is 1. The smallest absolute Gasteiger partial charge is 0.123 e. The van der Waals surface area contributed by atoms with Gasteiger partial charge in [0.15, 0.2) is 0 Å². The van der Waals surface area contributed by atoms with Crippen molar-refractivity contribution in [2.45, 2.75) is 6.10 Å². The number of hydrogen-bond acceptors (Lipinski definition) is 6. The van der Waals surface area contributed by atoms with Crippen molar-refractivity contribution in [2.24, 2.45) is 0 Å². The molecule has 21 heavy (non-hydrogen) atoms. The molecule has 112 valence electrons. The van der Waals surface area contributed by atoms with Crippen molar-refractivity contribution in [3.05, 3.63) is 48.2 Å². The van der Waals surface area contributed by atoms with Crippen LogP contribution in [0.3, 0.4) is 0 Å². The molecular formula is C15H19N3O3. The standard InChI is InChI=1S/C15H19N3O3/c16-15-6-1-11(9-18-15)14(20)10-17-7-8-21-13-4-2-12(19)3-5-13/h1-6,9,14,17,19-20H,7-8,10H2,(H2,16,18). The maximum atomic E-state index is 9.95. The SMILES string of the molecule is Nc1ccc(C(O)CNCCOc2ccc(O)cc2)cn1. The summed E-state index contributed by atoms with van der Waals surface area (Å²) in [5.41, 5.74) is 6.21. The molecule has 6 nitrogen and oxygen atoms in total. The van der Waals surface area contributed by atoms with E-state index in [1.165, 1.54) is 0 Å². The van der Waals surface area contributed by atoms with E-state index in [1.54, 1.807) is 42.6 Å². The van der Waals surface area contributed by atoms with Gasteiger partial charge in [0.25, 0.3) is 0 Å². The zero-order valence-electron chi connectivity index (χ0n) is 11.6. The first-order valence-electron chi connectivity index (χ1n) is 6.67. The first kappa shape index (κ1) is 15.1. The topological polar surface area (TPSA) is 101 Å². The first-order chi connectivity index (χ1) is 10.1. The Morgan fingerprint density at radius 3 is 2.62 bits per heavy atom. The van der Waals surface area contributed by atoms with Gasteiger partial charge in [-0.1, -0.05) is 6.07 Å². The van der Waals surface area contributed by atoms with Crippen molar-refractivity contribution in [1.82, 2.24) is 10.3 Å². The molecule has 0 radical (unpaired) electrons. The summed E-state index contributed by atoms with van der Waals surface area (Å²) in [6, 6.07) is 9.95. The predicted octanol–water partition coefficient (Wildman–Crippen LogP) is 1.07. The van der Waals surface area contributed by atoms with Gasteiger partial charge in [0.1, 0.15) is 23.9 Å². The van der Waals surface area contributed by atoms with Crippen LogP contribution in [0.25, 0.3) is 0 Å². The number of nitrogens with one attached hydrogen (secondary N) is 1. The van der Waals surface area contributed by atoms with Gasteiger partial charge in [-0.25, -0.2) is 4.98 Å². The fourth-order valence-electron chi connectivity index (χ4n) is 1.75. The van der Waals surface area contributed by atoms with Gasteiger partial charge < -0.3 is 26.0 Å². The highest BCUT2D eigenvalue weighted by atomic mass is 16.5. The molecular weight excluding hydrogens is 270 g/mol. The van der Waals surface area contributed by atoms with E-state index in [-0.39, 0.29) is 5.75 Å². The Morgan fingerprint density at radius 1 is 1.19 bits per heavy atom. The molecule has 0 fully saturated rings. The van der Waals surface area contributed by atoms with Gasteiger partial charge in [0.2, 0.25) is 0 Å². The van der Waals surface area contributed by atoms with Crippen LogP contribution in [0.15, 0.2) is 42.6 Å². The third-order valence-corrected chi connectivity index (χ3v) is 2.92. The van der Waals surface area contributed by atoms with Crippen LogP contribution in [0.1, 0.15) is 11.7 Å². The summed E-state index contributed by atoms with van der Waals surface area (Å²) in [5, 5.41) is 22.2. The quantitative estimate of drug-likeness (QED) is 0.569. The molecule has 2 aromatic rings. The maximum Gasteiger partial charge on any atom is 0.123 e. The molecule has 1 unspecified atom stereocenters. The number of benzene rings is 1. The van der Waals surface area contributed by atoms with E-state index in [0.717, 1.165) is 5.56 Å². The Bertz CT molecular complexity index is 543. The highest BCUT2D eigenvalue weighted by Crippen LogP contribution is 2.15. The number of pyridine rings is 1. The number of phenolic OH excluding ortho intramolecular Hbond substituents is 1. The third-order valence-electron chi connectivity index (χ3n) is 2.92. The minimum Gasteiger partial charge on any atom is -0.508 e. The number of hydrogen-bond donors (Lipinski definition) is 4. The molecule has 1 atom stereocenters. The van der Waals surface area contributed by atoms with Crippen LogP contribution in [-0.4, -0.2) is 34.9 Å². The molecule has 0 aliphatic heterocycles. The van der Waals surface area contributed by atoms with Crippen LogP contribution in [0.4, 0.5) is 5.82 Å². The summed E-state index contributed by atoms with van der Waals surface area (Å²) in [6.45, 7) is 1.47. The lowest BCUT2D eigenvalue weighted by Gasteiger charge is -2.12. The zero-order chi connectivity index (χ0) is 15.1. The van der Waals surface area contributed by atoms with Crippen molar-refractivity contribution in [3.8, 4) is 11.5 Å². The molecule has 0 amide bonds. The van der Waals surface area contributed by atoms with Gasteiger partial charge >= 0.3 is 0 Å². The number of aromatic nitrogens is 1. The summed E-state index contributed by atoms with van der Waals surface area (Å²) in [7, 11) is 0. The molecule has 5 N–H and O–H groups in total. The van der Waals surface area contributed by atoms with E-state index >= 15 is 0 Å². The molecule has 2 rings (SSSR count). The number of nitrogen functional groups attached to an aromatic ring is 1. The van der Waals surface area contributed by atoms with Gasteiger partial charge in [-0.05, 0) is 30.3 Å². The van der Waals surface area contributed by atoms with E-state index < -0.39 is 6.10 Å². The first-order valence-corrected chi connectivity index (χ1v) is 6.67. The molecule has 1 aromatic carbocycles. The van der Waals surface area contributed by atoms with Crippen molar-refractivity contribution < 1.29 is 14.9 Å². The Balaban J connectivity index is 1.65. The molecule has 0 aliphatic carbocycles. The maximum absolute atomic E-state index is 9.95. The second-order valence-electron chi connectivity index (χ2n) is 4.58. The summed E-state index contributed by atoms with van der Waals surface area (Å²) in [5.74, 6) is 1.33. The molecule has 0 saturated carbocycles. The van der Waals surface area contributed by atoms with E-state index in [2.05, 4.69) is 10.3 Å². The summed E-state index contributed by atoms with van der Waals surface area (Å²) >= 11 is 0. The Hall–Kier alpha value is -2.31. The highest BCUT2D eigenvalue weighted by molar-refractivity contribution is 5.30. The molecule has 1 heterocycles. The number of phenols is 1. The molecule has 1 aromatic heterocycles. The number of ether oxygens (including phenoxy) is 1. The summed E-state index contributed by atoms with van der Waals surface area (Å²) < 4.78 is 5.48. The fraction of sp³-hybridized carbons (Fsp3) is 0.267. The van der Waals surface area contributed by atoms with E-state index in [4.69, 9.17) is 15.6 Å². The Labute approximate surface area is 123 Å². The average Bonchev–Trinajstić information content (AvgIpc) is 2.49. The van der Waals surface area contributed by atoms with Gasteiger partial charge in [-0.2, -0.15) is 0 Å². The third kappa shape index (κ3) is 4.94. The minimum atomic E-state index is -0.633. The minimum absolute atomic E-state index is 0.209. The largest absolute Gasteiger partial charge is 0.508 e. The van der Waals surface area contributed by atoms with E-state index in [0.29, 0.717) is 31.3 Å². The lowest BCUT2D eigenvalue weighted by molar-refractivity contribution is 0.171. The van der Waals surface area contributed by atoms with Crippen LogP contribution in [0, 0.1) is 0 Å². The summed E-state index contributed by atoms with van der Waals surface area (Å²) in [6.07, 6.45) is 0.931. The Morgan fingerprint density at radius 2 is 1.95 bits per heavy atom. The fourth-order valence-corrected chi connectivity index (χ4v) is 1.75. The number of rotatable bonds is 7. The van der Waals surface area contributed by atoms with Crippen molar-refractivity contribution in [1.29, 1.82) is 0 Å². The molecule has 6 heteroatoms. The number of nitrogens with two attached hydrogens (primary N) is 1. The predicted molar refractivity (Wildman–Crippen MR) is 80.1 cm³/mol. The number of aliphatic hydroxyl groups is 1. The number of aromatic hydroxyl groups is 1. The van der Waals surface area contributed by atoms with Gasteiger partial charge in [-0.3, -0.25) is 0 Å². The van der Waals surface area contributed by atoms with E-state index in [9.17, 15) is 5.11 Å². The second-order valence-corrected chi connectivity index (χ2v) is 4.58. The number of aliphatic hydroxyl groups excluding tert-OH is 1. The van der Waals surface area contributed by atoms with Crippen LogP contribution >= 0.6 is 0 Å². The van der Waals surface area contributed by atoms with Crippen molar-refractivity contribution >= 4 is 5.82 Å². The monoisotopic (exact) mass is 289 g/mol. The molecule has 0 aliphatic rings. The second kappa shape index (κ2) is 7.47.